The van der Waals surface area contributed by atoms with E-state index in [0.29, 0.717) is 18.2 Å². The molecular weight excluding hydrogens is 330 g/mol. The fourth-order valence-electron chi connectivity index (χ4n) is 4.03. The fraction of sp³-hybridized carbons (Fsp3) is 0.640. The zero-order chi connectivity index (χ0) is 19.8. The number of Topliss-reactive ketones (excluding diaryl/α,β-unsaturated/α-hetero) is 1. The van der Waals surface area contributed by atoms with Crippen molar-refractivity contribution in [3.8, 4) is 0 Å². The summed E-state index contributed by atoms with van der Waals surface area (Å²) in [6, 6.07) is 0. The number of nitrogens with zero attached hydrogens (tertiary/aromatic N) is 1. The predicted octanol–water partition coefficient (Wildman–Crippen LogP) is 7.10. The third kappa shape index (κ3) is 5.70. The Morgan fingerprint density at radius 2 is 1.81 bits per heavy atom. The molecule has 0 aromatic heterocycles. The Balaban J connectivity index is 2.19. The van der Waals surface area contributed by atoms with Crippen molar-refractivity contribution >= 4 is 5.78 Å². The molecule has 0 aromatic rings. The van der Waals surface area contributed by atoms with Crippen molar-refractivity contribution in [1.29, 1.82) is 0 Å². The van der Waals surface area contributed by atoms with E-state index in [1.807, 2.05) is 0 Å². The van der Waals surface area contributed by atoms with Crippen LogP contribution in [-0.4, -0.2) is 17.2 Å². The molecule has 0 unspecified atom stereocenters. The van der Waals surface area contributed by atoms with E-state index < -0.39 is 0 Å². The lowest BCUT2D eigenvalue weighted by Gasteiger charge is -2.38. The number of hydrogen-bond donors (Lipinski definition) is 0. The Labute approximate surface area is 167 Å². The molecule has 1 saturated carbocycles. The first-order chi connectivity index (χ1) is 13.0. The van der Waals surface area contributed by atoms with Crippen LogP contribution < -0.4 is 0 Å². The van der Waals surface area contributed by atoms with Gasteiger partial charge in [0.2, 0.25) is 0 Å². The number of carbonyl (C=O) groups excluding carboxylic acids is 1. The van der Waals surface area contributed by atoms with Gasteiger partial charge >= 0.3 is 0 Å². The maximum absolute atomic E-state index is 12.6. The summed E-state index contributed by atoms with van der Waals surface area (Å²) in [5.74, 6) is 0.716. The lowest BCUT2D eigenvalue weighted by Crippen LogP contribution is -2.34. The summed E-state index contributed by atoms with van der Waals surface area (Å²) in [6.45, 7) is 13.6. The number of rotatable bonds is 11. The van der Waals surface area contributed by atoms with Crippen molar-refractivity contribution in [2.75, 3.05) is 6.54 Å². The van der Waals surface area contributed by atoms with Crippen LogP contribution in [-0.2, 0) is 4.79 Å². The summed E-state index contributed by atoms with van der Waals surface area (Å²) < 4.78 is 0. The van der Waals surface area contributed by atoms with Crippen LogP contribution in [0.1, 0.15) is 91.9 Å². The van der Waals surface area contributed by atoms with Gasteiger partial charge in [0.05, 0.1) is 6.54 Å². The van der Waals surface area contributed by atoms with Gasteiger partial charge in [-0.25, -0.2) is 0 Å². The van der Waals surface area contributed by atoms with Crippen molar-refractivity contribution in [1.82, 2.24) is 4.90 Å². The zero-order valence-electron chi connectivity index (χ0n) is 18.1. The van der Waals surface area contributed by atoms with E-state index in [2.05, 4.69) is 51.3 Å². The van der Waals surface area contributed by atoms with Crippen LogP contribution in [0.25, 0.3) is 0 Å². The number of unbranched alkanes of at least 4 members (excludes halogenated alkanes) is 5. The first-order valence-electron chi connectivity index (χ1n) is 11.1. The Morgan fingerprint density at radius 3 is 2.41 bits per heavy atom. The van der Waals surface area contributed by atoms with E-state index in [1.165, 1.54) is 61.1 Å². The van der Waals surface area contributed by atoms with Gasteiger partial charge in [-0.3, -0.25) is 4.79 Å². The minimum atomic E-state index is 0.308. The second-order valence-electron chi connectivity index (χ2n) is 8.09. The van der Waals surface area contributed by atoms with Crippen molar-refractivity contribution in [2.24, 2.45) is 5.92 Å². The molecular formula is C25H39NO. The van der Waals surface area contributed by atoms with Gasteiger partial charge in [0, 0.05) is 22.9 Å². The van der Waals surface area contributed by atoms with Gasteiger partial charge in [-0.2, -0.15) is 0 Å². The molecule has 0 saturated heterocycles. The number of ketones is 1. The molecule has 2 nitrogen and oxygen atoms in total. The van der Waals surface area contributed by atoms with Crippen LogP contribution in [0.4, 0.5) is 0 Å². The number of hydrogen-bond acceptors (Lipinski definition) is 2. The number of allylic oxidation sites excluding steroid dienone is 5. The summed E-state index contributed by atoms with van der Waals surface area (Å²) in [7, 11) is 0. The van der Waals surface area contributed by atoms with Crippen LogP contribution in [0.3, 0.4) is 0 Å². The van der Waals surface area contributed by atoms with Crippen LogP contribution in [0, 0.1) is 5.92 Å². The fourth-order valence-corrected chi connectivity index (χ4v) is 4.03. The summed E-state index contributed by atoms with van der Waals surface area (Å²) >= 11 is 0. The van der Waals surface area contributed by atoms with E-state index >= 15 is 0 Å². The van der Waals surface area contributed by atoms with E-state index in [1.54, 1.807) is 0 Å². The minimum Gasteiger partial charge on any atom is -0.337 e. The molecule has 27 heavy (non-hydrogen) atoms. The molecule has 0 amide bonds. The van der Waals surface area contributed by atoms with Crippen molar-refractivity contribution < 1.29 is 4.79 Å². The average Bonchev–Trinajstić information content (AvgIpc) is 3.50. The second-order valence-corrected chi connectivity index (χ2v) is 8.09. The average molecular weight is 370 g/mol. The summed E-state index contributed by atoms with van der Waals surface area (Å²) in [5, 5.41) is 0. The summed E-state index contributed by atoms with van der Waals surface area (Å²) in [6.07, 6.45) is 16.4. The highest BCUT2D eigenvalue weighted by Crippen LogP contribution is 2.40. The maximum atomic E-state index is 12.6. The second kappa shape index (κ2) is 10.7. The smallest absolute Gasteiger partial charge is 0.155 e. The highest BCUT2D eigenvalue weighted by molar-refractivity contribution is 5.86. The van der Waals surface area contributed by atoms with Crippen LogP contribution in [0.5, 0.6) is 0 Å². The molecule has 0 bridgehead atoms. The molecule has 1 fully saturated rings. The highest BCUT2D eigenvalue weighted by Gasteiger charge is 2.34. The molecule has 2 rings (SSSR count). The third-order valence-corrected chi connectivity index (χ3v) is 5.90. The van der Waals surface area contributed by atoms with Gasteiger partial charge < -0.3 is 4.90 Å². The SMILES string of the molecule is C=C1C(C)=C(CCCCCCCC)N(CC(=O)C2CC2)C(=C/C)/C1=C\CC. The lowest BCUT2D eigenvalue weighted by atomic mass is 9.88. The van der Waals surface area contributed by atoms with Crippen molar-refractivity contribution in [3.63, 3.8) is 0 Å². The largest absolute Gasteiger partial charge is 0.337 e. The first-order valence-corrected chi connectivity index (χ1v) is 11.1. The van der Waals surface area contributed by atoms with E-state index in [-0.39, 0.29) is 0 Å². The number of carbonyl (C=O) groups is 1. The van der Waals surface area contributed by atoms with Crippen LogP contribution >= 0.6 is 0 Å². The Bertz CT molecular complexity index is 631. The molecule has 1 aliphatic heterocycles. The Kier molecular flexibility index (Phi) is 8.60. The molecule has 2 heteroatoms. The van der Waals surface area contributed by atoms with E-state index in [9.17, 15) is 4.79 Å². The van der Waals surface area contributed by atoms with Gasteiger partial charge in [0.15, 0.2) is 5.78 Å². The van der Waals surface area contributed by atoms with Gasteiger partial charge in [-0.1, -0.05) is 64.7 Å². The van der Waals surface area contributed by atoms with E-state index in [0.717, 1.165) is 31.3 Å². The molecule has 0 aromatic carbocycles. The van der Waals surface area contributed by atoms with Crippen LogP contribution in [0.2, 0.25) is 0 Å². The Morgan fingerprint density at radius 1 is 1.15 bits per heavy atom. The molecule has 2 aliphatic rings. The standard InChI is InChI=1S/C25H39NO/c1-6-9-10-11-12-13-15-24-20(5)19(4)22(14-7-2)23(8-3)26(24)18-25(27)21-16-17-21/h8,14,21H,4,6-7,9-13,15-18H2,1-3,5H3/b22-14-,23-8+. The first kappa shape index (κ1) is 21.7. The molecule has 0 N–H and O–H groups in total. The zero-order valence-corrected chi connectivity index (χ0v) is 18.1. The maximum Gasteiger partial charge on any atom is 0.155 e. The molecule has 150 valence electrons. The normalized spacial score (nSPS) is 20.9. The highest BCUT2D eigenvalue weighted by atomic mass is 16.1. The molecule has 0 spiro atoms. The summed E-state index contributed by atoms with van der Waals surface area (Å²) in [4.78, 5) is 15.0. The molecule has 0 radical (unpaired) electrons. The predicted molar refractivity (Wildman–Crippen MR) is 116 cm³/mol. The Hall–Kier alpha value is -1.57. The van der Waals surface area contributed by atoms with Gasteiger partial charge in [-0.05, 0) is 57.1 Å². The summed E-state index contributed by atoms with van der Waals surface area (Å²) in [5.41, 5.74) is 6.14. The van der Waals surface area contributed by atoms with Crippen molar-refractivity contribution in [3.05, 3.63) is 46.8 Å². The van der Waals surface area contributed by atoms with E-state index in [4.69, 9.17) is 0 Å². The topological polar surface area (TPSA) is 20.3 Å². The van der Waals surface area contributed by atoms with Gasteiger partial charge in [-0.15, -0.1) is 0 Å². The third-order valence-electron chi connectivity index (χ3n) is 5.90. The molecule has 1 aliphatic carbocycles. The quantitative estimate of drug-likeness (QED) is 0.362. The van der Waals surface area contributed by atoms with Crippen LogP contribution in [0.15, 0.2) is 46.8 Å². The monoisotopic (exact) mass is 369 g/mol. The minimum absolute atomic E-state index is 0.308. The molecule has 1 heterocycles. The molecule has 0 atom stereocenters. The van der Waals surface area contributed by atoms with Gasteiger partial charge in [0.25, 0.3) is 0 Å². The lowest BCUT2D eigenvalue weighted by molar-refractivity contribution is -0.120. The van der Waals surface area contributed by atoms with Gasteiger partial charge in [0.1, 0.15) is 0 Å². The van der Waals surface area contributed by atoms with Crippen molar-refractivity contribution in [2.45, 2.75) is 91.9 Å².